The Morgan fingerprint density at radius 3 is 2.43 bits per heavy atom. The van der Waals surface area contributed by atoms with Crippen LogP contribution < -0.4 is 5.32 Å². The van der Waals surface area contributed by atoms with E-state index in [1.165, 1.54) is 7.05 Å². The highest BCUT2D eigenvalue weighted by Gasteiger charge is 2.26. The van der Waals surface area contributed by atoms with Gasteiger partial charge in [0.1, 0.15) is 0 Å². The first-order chi connectivity index (χ1) is 6.58. The van der Waals surface area contributed by atoms with Crippen molar-refractivity contribution in [1.29, 1.82) is 0 Å². The predicted octanol–water partition coefficient (Wildman–Crippen LogP) is 1.10. The van der Waals surface area contributed by atoms with E-state index < -0.39 is 5.92 Å². The fraction of sp³-hybridized carbons (Fsp3) is 0.714. The van der Waals surface area contributed by atoms with E-state index in [4.69, 9.17) is 10.7 Å². The van der Waals surface area contributed by atoms with Gasteiger partial charge in [-0.2, -0.15) is 0 Å². The number of nitrogens with zero attached hydrogens (tertiary/aromatic N) is 4. The molecular formula is C7H13N5O2. The van der Waals surface area contributed by atoms with Crippen LogP contribution in [0.5, 0.6) is 0 Å². The minimum atomic E-state index is -0.735. The second-order valence-electron chi connectivity index (χ2n) is 2.98. The van der Waals surface area contributed by atoms with Crippen LogP contribution >= 0.6 is 0 Å². The molecule has 0 saturated carbocycles. The minimum absolute atomic E-state index is 0.119. The number of nitrogens with one attached hydrogen (secondary N) is 1. The first-order valence-corrected chi connectivity index (χ1v) is 4.07. The molecule has 7 heteroatoms. The van der Waals surface area contributed by atoms with Crippen molar-refractivity contribution in [3.8, 4) is 0 Å². The maximum atomic E-state index is 11.3. The van der Waals surface area contributed by atoms with E-state index in [0.29, 0.717) is 0 Å². The number of hydrogen-bond acceptors (Lipinski definition) is 3. The molecule has 1 unspecified atom stereocenters. The van der Waals surface area contributed by atoms with Gasteiger partial charge in [-0.3, -0.25) is 4.79 Å². The lowest BCUT2D eigenvalue weighted by atomic mass is 9.94. The van der Waals surface area contributed by atoms with Gasteiger partial charge in [0.15, 0.2) is 5.84 Å². The van der Waals surface area contributed by atoms with Crippen LogP contribution in [0.3, 0.4) is 0 Å². The Hall–Kier alpha value is -1.75. The molecule has 1 atom stereocenters. The second-order valence-corrected chi connectivity index (χ2v) is 2.98. The number of rotatable bonds is 3. The molecule has 1 amide bonds. The van der Waals surface area contributed by atoms with E-state index in [1.807, 2.05) is 0 Å². The average molecular weight is 199 g/mol. The lowest BCUT2D eigenvalue weighted by molar-refractivity contribution is -0.123. The van der Waals surface area contributed by atoms with E-state index in [2.05, 4.69) is 20.5 Å². The Bertz CT molecular complexity index is 280. The molecule has 78 valence electrons. The summed E-state index contributed by atoms with van der Waals surface area (Å²) in [6, 6.07) is 0. The van der Waals surface area contributed by atoms with Crippen LogP contribution in [0.15, 0.2) is 10.3 Å². The van der Waals surface area contributed by atoms with Crippen molar-refractivity contribution in [2.45, 2.75) is 13.8 Å². The zero-order chi connectivity index (χ0) is 11.1. The minimum Gasteiger partial charge on any atom is -0.411 e. The molecule has 0 bridgehead atoms. The van der Waals surface area contributed by atoms with Crippen LogP contribution in [0.25, 0.3) is 10.4 Å². The lowest BCUT2D eigenvalue weighted by Crippen LogP contribution is -2.35. The Balaban J connectivity index is 4.98. The summed E-state index contributed by atoms with van der Waals surface area (Å²) in [6.07, 6.45) is 0. The summed E-state index contributed by atoms with van der Waals surface area (Å²) in [5.41, 5.74) is 8.19. The summed E-state index contributed by atoms with van der Waals surface area (Å²) in [6.45, 7) is 3.52. The topological polar surface area (TPSA) is 110 Å². The number of oxime groups is 1. The van der Waals surface area contributed by atoms with Gasteiger partial charge >= 0.3 is 0 Å². The Labute approximate surface area is 81.4 Å². The SMILES string of the molecule is CNC(=O)C(/C(N=[N+]=[N-])=N/O)C(C)C. The quantitative estimate of drug-likeness (QED) is 0.135. The van der Waals surface area contributed by atoms with Gasteiger partial charge in [-0.1, -0.05) is 19.0 Å². The highest BCUT2D eigenvalue weighted by molar-refractivity contribution is 6.03. The van der Waals surface area contributed by atoms with E-state index in [-0.39, 0.29) is 17.7 Å². The maximum Gasteiger partial charge on any atom is 0.229 e. The highest BCUT2D eigenvalue weighted by Crippen LogP contribution is 2.14. The molecule has 0 aromatic carbocycles. The van der Waals surface area contributed by atoms with Gasteiger partial charge in [0.25, 0.3) is 0 Å². The van der Waals surface area contributed by atoms with Crippen LogP contribution in [-0.2, 0) is 4.79 Å². The van der Waals surface area contributed by atoms with Gasteiger partial charge in [-0.15, -0.1) is 0 Å². The van der Waals surface area contributed by atoms with Gasteiger partial charge in [0, 0.05) is 12.0 Å². The monoisotopic (exact) mass is 199 g/mol. The Kier molecular flexibility index (Phi) is 5.09. The summed E-state index contributed by atoms with van der Waals surface area (Å²) < 4.78 is 0. The van der Waals surface area contributed by atoms with Crippen molar-refractivity contribution < 1.29 is 10.0 Å². The summed E-state index contributed by atoms with van der Waals surface area (Å²) >= 11 is 0. The molecule has 0 fully saturated rings. The van der Waals surface area contributed by atoms with Crippen molar-refractivity contribution in [2.75, 3.05) is 7.05 Å². The zero-order valence-electron chi connectivity index (χ0n) is 8.30. The van der Waals surface area contributed by atoms with Crippen molar-refractivity contribution in [3.63, 3.8) is 0 Å². The van der Waals surface area contributed by atoms with Crippen molar-refractivity contribution in [3.05, 3.63) is 10.4 Å². The molecule has 0 heterocycles. The van der Waals surface area contributed by atoms with Crippen LogP contribution in [-0.4, -0.2) is 24.0 Å². The largest absolute Gasteiger partial charge is 0.411 e. The third-order valence-corrected chi connectivity index (χ3v) is 1.72. The van der Waals surface area contributed by atoms with Crippen LogP contribution in [0, 0.1) is 11.8 Å². The smallest absolute Gasteiger partial charge is 0.229 e. The standard InChI is InChI=1S/C7H13N5O2/c1-4(2)5(7(13)9-3)6(11-14)10-12-8/h4-5,14H,1-3H3,(H,9,13)/b11-6-. The number of hydrogen-bond donors (Lipinski definition) is 2. The third kappa shape index (κ3) is 2.95. The van der Waals surface area contributed by atoms with Gasteiger partial charge in [-0.25, -0.2) is 0 Å². The molecule has 0 spiro atoms. The predicted molar refractivity (Wildman–Crippen MR) is 50.8 cm³/mol. The molecule has 0 aliphatic rings. The molecule has 7 nitrogen and oxygen atoms in total. The molecule has 0 aliphatic carbocycles. The van der Waals surface area contributed by atoms with Crippen molar-refractivity contribution in [2.24, 2.45) is 22.1 Å². The van der Waals surface area contributed by atoms with Gasteiger partial charge in [0.05, 0.1) is 5.92 Å². The molecule has 0 aromatic heterocycles. The zero-order valence-corrected chi connectivity index (χ0v) is 8.30. The first-order valence-electron chi connectivity index (χ1n) is 4.07. The van der Waals surface area contributed by atoms with E-state index in [9.17, 15) is 4.79 Å². The fourth-order valence-corrected chi connectivity index (χ4v) is 1.06. The molecule has 0 radical (unpaired) electrons. The van der Waals surface area contributed by atoms with Crippen LogP contribution in [0.2, 0.25) is 0 Å². The normalized spacial score (nSPS) is 13.3. The van der Waals surface area contributed by atoms with E-state index >= 15 is 0 Å². The van der Waals surface area contributed by atoms with Crippen LogP contribution in [0.4, 0.5) is 0 Å². The lowest BCUT2D eigenvalue weighted by Gasteiger charge is -2.16. The van der Waals surface area contributed by atoms with E-state index in [0.717, 1.165) is 0 Å². The van der Waals surface area contributed by atoms with Crippen LogP contribution in [0.1, 0.15) is 13.8 Å². The molecular weight excluding hydrogens is 186 g/mol. The average Bonchev–Trinajstić information content (AvgIpc) is 2.16. The third-order valence-electron chi connectivity index (χ3n) is 1.72. The molecule has 0 saturated heterocycles. The molecule has 0 aliphatic heterocycles. The summed E-state index contributed by atoms with van der Waals surface area (Å²) in [7, 11) is 1.46. The number of amidine groups is 1. The molecule has 0 aromatic rings. The maximum absolute atomic E-state index is 11.3. The highest BCUT2D eigenvalue weighted by atomic mass is 16.4. The summed E-state index contributed by atoms with van der Waals surface area (Å²) in [4.78, 5) is 13.8. The Morgan fingerprint density at radius 1 is 1.57 bits per heavy atom. The summed E-state index contributed by atoms with van der Waals surface area (Å²) in [5, 5.41) is 16.9. The van der Waals surface area contributed by atoms with Crippen molar-refractivity contribution >= 4 is 11.7 Å². The first kappa shape index (κ1) is 12.2. The van der Waals surface area contributed by atoms with E-state index in [1.54, 1.807) is 13.8 Å². The molecule has 14 heavy (non-hydrogen) atoms. The van der Waals surface area contributed by atoms with Gasteiger partial charge < -0.3 is 10.5 Å². The number of amides is 1. The fourth-order valence-electron chi connectivity index (χ4n) is 1.06. The number of carbonyl (C=O) groups excluding carboxylic acids is 1. The van der Waals surface area contributed by atoms with Gasteiger partial charge in [-0.05, 0) is 16.6 Å². The number of azide groups is 1. The van der Waals surface area contributed by atoms with Crippen molar-refractivity contribution in [1.82, 2.24) is 5.32 Å². The summed E-state index contributed by atoms with van der Waals surface area (Å²) in [5.74, 6) is -1.42. The van der Waals surface area contributed by atoms with Gasteiger partial charge in [0.2, 0.25) is 5.91 Å². The number of carbonyl (C=O) groups is 1. The molecule has 2 N–H and O–H groups in total. The Morgan fingerprint density at radius 2 is 2.14 bits per heavy atom. The molecule has 0 rings (SSSR count). The second kappa shape index (κ2) is 5.82.